The van der Waals surface area contributed by atoms with E-state index in [1.165, 1.54) is 14.2 Å². The molecule has 0 radical (unpaired) electrons. The highest BCUT2D eigenvalue weighted by atomic mass is 16.5. The lowest BCUT2D eigenvalue weighted by atomic mass is 9.90. The average molecular weight is 251 g/mol. The Morgan fingerprint density at radius 3 is 2.44 bits per heavy atom. The fourth-order valence-electron chi connectivity index (χ4n) is 1.69. The minimum atomic E-state index is -0.456. The largest absolute Gasteiger partial charge is 0.469 e. The molecule has 1 heterocycles. The third-order valence-corrected chi connectivity index (χ3v) is 3.00. The lowest BCUT2D eigenvalue weighted by Crippen LogP contribution is -2.21. The maximum absolute atomic E-state index is 11.6. The standard InChI is InChI=1S/C13H17NO4/c1-8(9(2)12(15)17-3)11-10(13(16)18-4)6-5-7-14-11/h5-9H,1-4H3. The Balaban J connectivity index is 3.09. The summed E-state index contributed by atoms with van der Waals surface area (Å²) in [5, 5.41) is 0. The molecule has 18 heavy (non-hydrogen) atoms. The van der Waals surface area contributed by atoms with Crippen LogP contribution in [0.3, 0.4) is 0 Å². The van der Waals surface area contributed by atoms with Gasteiger partial charge in [-0.15, -0.1) is 0 Å². The number of nitrogens with zero attached hydrogens (tertiary/aromatic N) is 1. The average Bonchev–Trinajstić information content (AvgIpc) is 2.43. The van der Waals surface area contributed by atoms with Crippen molar-refractivity contribution in [1.29, 1.82) is 0 Å². The number of hydrogen-bond donors (Lipinski definition) is 0. The first-order chi connectivity index (χ1) is 8.52. The Labute approximate surface area is 106 Å². The molecule has 0 aliphatic rings. The van der Waals surface area contributed by atoms with Crippen molar-refractivity contribution < 1.29 is 19.1 Å². The molecule has 5 nitrogen and oxygen atoms in total. The van der Waals surface area contributed by atoms with Gasteiger partial charge in [0.2, 0.25) is 0 Å². The monoisotopic (exact) mass is 251 g/mol. The molecule has 98 valence electrons. The van der Waals surface area contributed by atoms with Gasteiger partial charge in [0.1, 0.15) is 0 Å². The smallest absolute Gasteiger partial charge is 0.339 e. The molecule has 1 aromatic rings. The van der Waals surface area contributed by atoms with Crippen LogP contribution in [0, 0.1) is 5.92 Å². The molecule has 0 spiro atoms. The van der Waals surface area contributed by atoms with Crippen LogP contribution in [0.15, 0.2) is 18.3 Å². The molecule has 5 heteroatoms. The zero-order chi connectivity index (χ0) is 13.7. The fraction of sp³-hybridized carbons (Fsp3) is 0.462. The summed E-state index contributed by atoms with van der Waals surface area (Å²) in [6, 6.07) is 3.29. The summed E-state index contributed by atoms with van der Waals surface area (Å²) in [6.07, 6.45) is 1.59. The van der Waals surface area contributed by atoms with E-state index in [2.05, 4.69) is 4.98 Å². The van der Waals surface area contributed by atoms with Gasteiger partial charge in [0.05, 0.1) is 31.4 Å². The van der Waals surface area contributed by atoms with Crippen molar-refractivity contribution in [2.45, 2.75) is 19.8 Å². The van der Waals surface area contributed by atoms with Gasteiger partial charge in [-0.2, -0.15) is 0 Å². The van der Waals surface area contributed by atoms with Crippen LogP contribution in [-0.2, 0) is 14.3 Å². The number of ether oxygens (including phenoxy) is 2. The normalized spacial score (nSPS) is 13.6. The number of carbonyl (C=O) groups is 2. The van der Waals surface area contributed by atoms with E-state index >= 15 is 0 Å². The molecule has 2 unspecified atom stereocenters. The van der Waals surface area contributed by atoms with Crippen molar-refractivity contribution in [3.63, 3.8) is 0 Å². The maximum Gasteiger partial charge on any atom is 0.339 e. The van der Waals surface area contributed by atoms with E-state index in [-0.39, 0.29) is 17.8 Å². The van der Waals surface area contributed by atoms with Gasteiger partial charge in [-0.3, -0.25) is 9.78 Å². The molecule has 0 aliphatic carbocycles. The Morgan fingerprint density at radius 1 is 1.22 bits per heavy atom. The predicted octanol–water partition coefficient (Wildman–Crippen LogP) is 1.78. The topological polar surface area (TPSA) is 65.5 Å². The van der Waals surface area contributed by atoms with E-state index in [0.29, 0.717) is 11.3 Å². The molecule has 0 amide bonds. The van der Waals surface area contributed by atoms with Crippen molar-refractivity contribution in [2.75, 3.05) is 14.2 Å². The minimum absolute atomic E-state index is 0.229. The number of esters is 2. The second kappa shape index (κ2) is 6.14. The molecule has 1 aromatic heterocycles. The lowest BCUT2D eigenvalue weighted by molar-refractivity contribution is -0.145. The Hall–Kier alpha value is -1.91. The number of rotatable bonds is 4. The molecule has 0 N–H and O–H groups in total. The van der Waals surface area contributed by atoms with Gasteiger partial charge >= 0.3 is 11.9 Å². The van der Waals surface area contributed by atoms with Crippen LogP contribution in [0.2, 0.25) is 0 Å². The van der Waals surface area contributed by atoms with Gasteiger partial charge < -0.3 is 9.47 Å². The molecule has 0 saturated heterocycles. The molecule has 2 atom stereocenters. The zero-order valence-electron chi connectivity index (χ0n) is 11.0. The van der Waals surface area contributed by atoms with E-state index < -0.39 is 5.97 Å². The Kier molecular flexibility index (Phi) is 4.83. The molecule has 0 bridgehead atoms. The van der Waals surface area contributed by atoms with E-state index in [4.69, 9.17) is 9.47 Å². The van der Waals surface area contributed by atoms with Crippen LogP contribution in [0.4, 0.5) is 0 Å². The molecule has 0 aliphatic heterocycles. The maximum atomic E-state index is 11.6. The molecule has 0 saturated carbocycles. The summed E-state index contributed by atoms with van der Waals surface area (Å²) in [7, 11) is 2.65. The van der Waals surface area contributed by atoms with Crippen molar-refractivity contribution >= 4 is 11.9 Å². The highest BCUT2D eigenvalue weighted by Gasteiger charge is 2.27. The number of aromatic nitrogens is 1. The third kappa shape index (κ3) is 2.85. The molecular formula is C13H17NO4. The van der Waals surface area contributed by atoms with E-state index in [1.54, 1.807) is 25.3 Å². The molecule has 0 fully saturated rings. The van der Waals surface area contributed by atoms with Crippen LogP contribution in [-0.4, -0.2) is 31.1 Å². The zero-order valence-corrected chi connectivity index (χ0v) is 11.0. The van der Waals surface area contributed by atoms with Gasteiger partial charge in [0, 0.05) is 12.1 Å². The van der Waals surface area contributed by atoms with Gasteiger partial charge in [-0.05, 0) is 12.1 Å². The summed E-state index contributed by atoms with van der Waals surface area (Å²) >= 11 is 0. The van der Waals surface area contributed by atoms with Gasteiger partial charge in [0.25, 0.3) is 0 Å². The van der Waals surface area contributed by atoms with E-state index in [0.717, 1.165) is 0 Å². The summed E-state index contributed by atoms with van der Waals surface area (Å²) in [4.78, 5) is 27.3. The summed E-state index contributed by atoms with van der Waals surface area (Å²) in [6.45, 7) is 3.57. The lowest BCUT2D eigenvalue weighted by Gasteiger charge is -2.19. The van der Waals surface area contributed by atoms with Crippen LogP contribution < -0.4 is 0 Å². The molecule has 1 rings (SSSR count). The van der Waals surface area contributed by atoms with Crippen molar-refractivity contribution in [1.82, 2.24) is 4.98 Å². The fourth-order valence-corrected chi connectivity index (χ4v) is 1.69. The number of pyridine rings is 1. The number of methoxy groups -OCH3 is 2. The summed E-state index contributed by atoms with van der Waals surface area (Å²) in [5.74, 6) is -1.40. The minimum Gasteiger partial charge on any atom is -0.469 e. The SMILES string of the molecule is COC(=O)c1cccnc1C(C)C(C)C(=O)OC. The third-order valence-electron chi connectivity index (χ3n) is 3.00. The van der Waals surface area contributed by atoms with Crippen molar-refractivity contribution in [3.8, 4) is 0 Å². The predicted molar refractivity (Wildman–Crippen MR) is 65.2 cm³/mol. The van der Waals surface area contributed by atoms with Gasteiger partial charge in [0.15, 0.2) is 0 Å². The van der Waals surface area contributed by atoms with Crippen molar-refractivity contribution in [3.05, 3.63) is 29.6 Å². The van der Waals surface area contributed by atoms with Gasteiger partial charge in [-0.25, -0.2) is 4.79 Å². The summed E-state index contributed by atoms with van der Waals surface area (Å²) in [5.41, 5.74) is 0.922. The highest BCUT2D eigenvalue weighted by molar-refractivity contribution is 5.90. The Bertz CT molecular complexity index is 444. The van der Waals surface area contributed by atoms with Crippen LogP contribution in [0.1, 0.15) is 35.8 Å². The first-order valence-electron chi connectivity index (χ1n) is 5.64. The van der Waals surface area contributed by atoms with E-state index in [9.17, 15) is 9.59 Å². The van der Waals surface area contributed by atoms with Crippen molar-refractivity contribution in [2.24, 2.45) is 5.92 Å². The van der Waals surface area contributed by atoms with Crippen LogP contribution in [0.5, 0.6) is 0 Å². The first kappa shape index (κ1) is 14.2. The quantitative estimate of drug-likeness (QED) is 0.763. The second-order valence-electron chi connectivity index (χ2n) is 4.03. The number of hydrogen-bond acceptors (Lipinski definition) is 5. The molecule has 0 aromatic carbocycles. The molecular weight excluding hydrogens is 234 g/mol. The highest BCUT2D eigenvalue weighted by Crippen LogP contribution is 2.26. The van der Waals surface area contributed by atoms with Crippen LogP contribution >= 0.6 is 0 Å². The summed E-state index contributed by atoms with van der Waals surface area (Å²) < 4.78 is 9.40. The second-order valence-corrected chi connectivity index (χ2v) is 4.03. The number of carbonyl (C=O) groups excluding carboxylic acids is 2. The van der Waals surface area contributed by atoms with Gasteiger partial charge in [-0.1, -0.05) is 13.8 Å². The Morgan fingerprint density at radius 2 is 1.89 bits per heavy atom. The van der Waals surface area contributed by atoms with E-state index in [1.807, 2.05) is 6.92 Å². The first-order valence-corrected chi connectivity index (χ1v) is 5.64. The van der Waals surface area contributed by atoms with Crippen LogP contribution in [0.25, 0.3) is 0 Å².